The van der Waals surface area contributed by atoms with Crippen LogP contribution in [0.25, 0.3) is 0 Å². The topological polar surface area (TPSA) is 55.1 Å². The summed E-state index contributed by atoms with van der Waals surface area (Å²) in [5.74, 6) is 3.36. The smallest absolute Gasteiger partial charge is 0.233 e. The van der Waals surface area contributed by atoms with Gasteiger partial charge in [-0.25, -0.2) is 0 Å². The van der Waals surface area contributed by atoms with Crippen LogP contribution in [-0.4, -0.2) is 16.9 Å². The zero-order valence-corrected chi connectivity index (χ0v) is 12.6. The predicted octanol–water partition coefficient (Wildman–Crippen LogP) is 2.24. The van der Waals surface area contributed by atoms with E-state index in [4.69, 9.17) is 18.0 Å². The van der Waals surface area contributed by atoms with Crippen LogP contribution in [0.5, 0.6) is 0 Å². The first-order valence-corrected chi connectivity index (χ1v) is 8.06. The Kier molecular flexibility index (Phi) is 3.12. The van der Waals surface area contributed by atoms with Crippen LogP contribution < -0.4 is 11.1 Å². The Bertz CT molecular complexity index is 402. The number of carbonyl (C=O) groups excluding carboxylic acids is 1. The summed E-state index contributed by atoms with van der Waals surface area (Å²) in [6, 6.07) is 0.422. The van der Waals surface area contributed by atoms with Gasteiger partial charge in [-0.2, -0.15) is 0 Å². The maximum Gasteiger partial charge on any atom is 0.233 e. The maximum absolute atomic E-state index is 12.6. The molecule has 0 aliphatic heterocycles. The van der Waals surface area contributed by atoms with Crippen molar-refractivity contribution < 1.29 is 4.79 Å². The highest BCUT2D eigenvalue weighted by Gasteiger charge is 2.65. The van der Waals surface area contributed by atoms with Gasteiger partial charge in [-0.3, -0.25) is 4.79 Å². The molecule has 3 aliphatic rings. The first kappa shape index (κ1) is 13.3. The zero-order valence-electron chi connectivity index (χ0n) is 11.8. The normalized spacial score (nSPS) is 38.9. The average molecular weight is 280 g/mol. The molecule has 0 aromatic rings. The fourth-order valence-corrected chi connectivity index (χ4v) is 5.22. The second kappa shape index (κ2) is 4.44. The quantitative estimate of drug-likeness (QED) is 0.759. The first-order valence-electron chi connectivity index (χ1n) is 7.66. The second-order valence-corrected chi connectivity index (χ2v) is 7.08. The number of hydrogen-bond acceptors (Lipinski definition) is 2. The van der Waals surface area contributed by atoms with Crippen LogP contribution in [0.4, 0.5) is 0 Å². The highest BCUT2D eigenvalue weighted by molar-refractivity contribution is 7.80. The number of carbonyl (C=O) groups is 1. The molecule has 0 aromatic carbocycles. The Labute approximate surface area is 120 Å². The number of amides is 1. The number of hydrogen-bond donors (Lipinski definition) is 2. The lowest BCUT2D eigenvalue weighted by Gasteiger charge is -2.29. The van der Waals surface area contributed by atoms with E-state index in [-0.39, 0.29) is 5.91 Å². The van der Waals surface area contributed by atoms with Gasteiger partial charge in [0.1, 0.15) is 0 Å². The van der Waals surface area contributed by atoms with Crippen molar-refractivity contribution in [2.45, 2.75) is 52.0 Å². The molecule has 3 rings (SSSR count). The lowest BCUT2D eigenvalue weighted by molar-refractivity contribution is -0.128. The van der Waals surface area contributed by atoms with Gasteiger partial charge in [0.25, 0.3) is 0 Å². The van der Waals surface area contributed by atoms with E-state index in [0.717, 1.165) is 23.7 Å². The lowest BCUT2D eigenvalue weighted by atomic mass is 9.81. The van der Waals surface area contributed by atoms with E-state index < -0.39 is 5.41 Å². The van der Waals surface area contributed by atoms with E-state index in [9.17, 15) is 4.79 Å². The number of nitrogens with two attached hydrogens (primary N) is 1. The number of thiocarbonyl (C=S) groups is 1. The number of rotatable bonds is 5. The summed E-state index contributed by atoms with van der Waals surface area (Å²) in [6.07, 6.45) is 5.54. The Morgan fingerprint density at radius 3 is 2.21 bits per heavy atom. The van der Waals surface area contributed by atoms with E-state index in [1.54, 1.807) is 0 Å². The Morgan fingerprint density at radius 1 is 1.26 bits per heavy atom. The third kappa shape index (κ3) is 1.75. The van der Waals surface area contributed by atoms with Crippen LogP contribution >= 0.6 is 12.2 Å². The molecule has 3 aliphatic carbocycles. The monoisotopic (exact) mass is 280 g/mol. The minimum Gasteiger partial charge on any atom is -0.392 e. The molecule has 1 amide bonds. The first-order chi connectivity index (χ1) is 9.05. The van der Waals surface area contributed by atoms with E-state index in [1.165, 1.54) is 19.3 Å². The van der Waals surface area contributed by atoms with Crippen molar-refractivity contribution in [2.24, 2.45) is 34.8 Å². The van der Waals surface area contributed by atoms with Gasteiger partial charge >= 0.3 is 0 Å². The summed E-state index contributed by atoms with van der Waals surface area (Å²) >= 11 is 5.15. The summed E-state index contributed by atoms with van der Waals surface area (Å²) < 4.78 is 0. The Balaban J connectivity index is 1.68. The molecule has 3 saturated carbocycles. The molecular formula is C15H24N2OS. The summed E-state index contributed by atoms with van der Waals surface area (Å²) in [7, 11) is 0. The summed E-state index contributed by atoms with van der Waals surface area (Å²) in [4.78, 5) is 13.0. The number of fused-ring (bicyclic) bond motifs is 5. The van der Waals surface area contributed by atoms with Gasteiger partial charge < -0.3 is 11.1 Å². The molecule has 0 spiro atoms. The fraction of sp³-hybridized carbons (Fsp3) is 0.867. The zero-order chi connectivity index (χ0) is 13.8. The van der Waals surface area contributed by atoms with E-state index in [1.807, 2.05) is 13.8 Å². The molecule has 3 N–H and O–H groups in total. The van der Waals surface area contributed by atoms with Crippen molar-refractivity contribution in [3.05, 3.63) is 0 Å². The Hall–Kier alpha value is -0.640. The summed E-state index contributed by atoms with van der Waals surface area (Å²) in [5, 5.41) is 3.27. The van der Waals surface area contributed by atoms with Gasteiger partial charge in [0.05, 0.1) is 10.4 Å². The van der Waals surface area contributed by atoms with Gasteiger partial charge in [-0.05, 0) is 55.8 Å². The molecule has 3 fully saturated rings. The molecule has 4 heteroatoms. The second-order valence-electron chi connectivity index (χ2n) is 6.64. The largest absolute Gasteiger partial charge is 0.392 e. The molecule has 3 nitrogen and oxygen atoms in total. The molecule has 4 atom stereocenters. The SMILES string of the molecule is CCC(CC)(C(=O)NC1C2C3CCC(C3)C12)C(N)=S. The standard InChI is InChI=1S/C15H24N2OS/c1-3-15(4-2,13(16)19)14(18)17-12-10-8-5-6-9(7-8)11(10)12/h8-12H,3-7H2,1-2H3,(H2,16,19)(H,17,18). The number of nitrogens with one attached hydrogen (secondary N) is 1. The van der Waals surface area contributed by atoms with Gasteiger partial charge in [-0.1, -0.05) is 26.1 Å². The van der Waals surface area contributed by atoms with Crippen molar-refractivity contribution in [1.82, 2.24) is 5.32 Å². The molecule has 2 bridgehead atoms. The highest BCUT2D eigenvalue weighted by atomic mass is 32.1. The van der Waals surface area contributed by atoms with Gasteiger partial charge in [0.15, 0.2) is 0 Å². The summed E-state index contributed by atoms with van der Waals surface area (Å²) in [6.45, 7) is 4.00. The van der Waals surface area contributed by atoms with E-state index in [2.05, 4.69) is 5.32 Å². The summed E-state index contributed by atoms with van der Waals surface area (Å²) in [5.41, 5.74) is 5.21. The maximum atomic E-state index is 12.6. The Morgan fingerprint density at radius 2 is 1.79 bits per heavy atom. The molecule has 0 saturated heterocycles. The van der Waals surface area contributed by atoms with Crippen molar-refractivity contribution in [3.8, 4) is 0 Å². The minimum atomic E-state index is -0.634. The third-order valence-corrected chi connectivity index (χ3v) is 6.54. The predicted molar refractivity (Wildman–Crippen MR) is 79.5 cm³/mol. The molecule has 4 unspecified atom stereocenters. The van der Waals surface area contributed by atoms with Crippen LogP contribution in [0.2, 0.25) is 0 Å². The van der Waals surface area contributed by atoms with Crippen molar-refractivity contribution in [3.63, 3.8) is 0 Å². The van der Waals surface area contributed by atoms with Gasteiger partial charge in [0.2, 0.25) is 5.91 Å². The molecular weight excluding hydrogens is 256 g/mol. The van der Waals surface area contributed by atoms with Gasteiger partial charge in [0, 0.05) is 6.04 Å². The fourth-order valence-electron chi connectivity index (χ4n) is 4.84. The molecule has 0 radical (unpaired) electrons. The van der Waals surface area contributed by atoms with Crippen molar-refractivity contribution in [2.75, 3.05) is 0 Å². The molecule has 0 aromatic heterocycles. The van der Waals surface area contributed by atoms with Crippen LogP contribution in [0.3, 0.4) is 0 Å². The lowest BCUT2D eigenvalue weighted by Crippen LogP contribution is -2.49. The van der Waals surface area contributed by atoms with Crippen LogP contribution in [0.1, 0.15) is 46.0 Å². The highest BCUT2D eigenvalue weighted by Crippen LogP contribution is 2.65. The van der Waals surface area contributed by atoms with Crippen molar-refractivity contribution >= 4 is 23.1 Å². The molecule has 19 heavy (non-hydrogen) atoms. The third-order valence-electron chi connectivity index (χ3n) is 6.15. The van der Waals surface area contributed by atoms with E-state index >= 15 is 0 Å². The van der Waals surface area contributed by atoms with Gasteiger partial charge in [-0.15, -0.1) is 0 Å². The van der Waals surface area contributed by atoms with Crippen LogP contribution in [0.15, 0.2) is 0 Å². The minimum absolute atomic E-state index is 0.0730. The van der Waals surface area contributed by atoms with Crippen LogP contribution in [0, 0.1) is 29.1 Å². The molecule has 106 valence electrons. The molecule has 0 heterocycles. The van der Waals surface area contributed by atoms with E-state index in [0.29, 0.717) is 23.9 Å². The van der Waals surface area contributed by atoms with Crippen molar-refractivity contribution in [1.29, 1.82) is 0 Å². The average Bonchev–Trinajstić information content (AvgIpc) is 2.79. The van der Waals surface area contributed by atoms with Crippen LogP contribution in [-0.2, 0) is 4.79 Å².